The Morgan fingerprint density at radius 2 is 2.26 bits per heavy atom. The maximum atomic E-state index is 14.0. The van der Waals surface area contributed by atoms with Crippen molar-refractivity contribution in [3.8, 4) is 5.75 Å². The lowest BCUT2D eigenvalue weighted by Gasteiger charge is -2.09. The zero-order chi connectivity index (χ0) is 16.6. The molecule has 0 fully saturated rings. The summed E-state index contributed by atoms with van der Waals surface area (Å²) in [6.07, 6.45) is 2.54. The predicted octanol–water partition coefficient (Wildman–Crippen LogP) is 3.08. The van der Waals surface area contributed by atoms with Gasteiger partial charge in [-0.1, -0.05) is 15.9 Å². The number of ether oxygens (including phenoxy) is 1. The number of hydrogen-bond acceptors (Lipinski definition) is 5. The first-order valence-corrected chi connectivity index (χ1v) is 7.16. The van der Waals surface area contributed by atoms with Gasteiger partial charge in [0.15, 0.2) is 17.1 Å². The molecule has 2 aromatic heterocycles. The van der Waals surface area contributed by atoms with Crippen molar-refractivity contribution in [1.82, 2.24) is 14.6 Å². The third-order valence-corrected chi connectivity index (χ3v) is 3.64. The fraction of sp³-hybridized carbons (Fsp3) is 0.0714. The molecule has 0 radical (unpaired) electrons. The number of methoxy groups -OCH3 is 1. The first-order valence-electron chi connectivity index (χ1n) is 6.37. The van der Waals surface area contributed by atoms with Crippen LogP contribution in [0.25, 0.3) is 5.52 Å². The van der Waals surface area contributed by atoms with Gasteiger partial charge in [0.2, 0.25) is 0 Å². The highest BCUT2D eigenvalue weighted by Crippen LogP contribution is 2.32. The maximum absolute atomic E-state index is 14.0. The number of halogens is 2. The third-order valence-electron chi connectivity index (χ3n) is 3.15. The molecule has 23 heavy (non-hydrogen) atoms. The Morgan fingerprint density at radius 3 is 2.91 bits per heavy atom. The average Bonchev–Trinajstić information content (AvgIpc) is 2.90. The summed E-state index contributed by atoms with van der Waals surface area (Å²) in [5, 5.41) is 16.0. The van der Waals surface area contributed by atoms with Crippen molar-refractivity contribution < 1.29 is 19.0 Å². The van der Waals surface area contributed by atoms with Crippen LogP contribution in [0.3, 0.4) is 0 Å². The summed E-state index contributed by atoms with van der Waals surface area (Å²) >= 11 is 3.18. The third kappa shape index (κ3) is 2.70. The van der Waals surface area contributed by atoms with Gasteiger partial charge in [-0.25, -0.2) is 18.7 Å². The smallest absolute Gasteiger partial charge is 0.341 e. The molecule has 118 valence electrons. The van der Waals surface area contributed by atoms with E-state index in [1.54, 1.807) is 6.07 Å². The van der Waals surface area contributed by atoms with E-state index in [0.717, 1.165) is 0 Å². The number of carboxylic acid groups (broad SMARTS) is 1. The number of hydrogen-bond donors (Lipinski definition) is 2. The summed E-state index contributed by atoms with van der Waals surface area (Å²) in [5.74, 6) is -1.32. The molecule has 0 saturated carbocycles. The minimum Gasteiger partial charge on any atom is -0.493 e. The number of benzene rings is 1. The summed E-state index contributed by atoms with van der Waals surface area (Å²) in [7, 11) is 1.35. The molecule has 0 bridgehead atoms. The number of nitrogens with zero attached hydrogens (tertiary/aromatic N) is 3. The number of carbonyl (C=O) groups is 1. The first kappa shape index (κ1) is 15.2. The van der Waals surface area contributed by atoms with Crippen LogP contribution in [-0.2, 0) is 0 Å². The molecule has 3 rings (SSSR count). The van der Waals surface area contributed by atoms with E-state index in [9.17, 15) is 14.3 Å². The van der Waals surface area contributed by atoms with Gasteiger partial charge in [0.05, 0.1) is 12.8 Å². The van der Waals surface area contributed by atoms with Crippen molar-refractivity contribution in [3.05, 3.63) is 46.6 Å². The van der Waals surface area contributed by atoms with Crippen molar-refractivity contribution in [2.45, 2.75) is 0 Å². The van der Waals surface area contributed by atoms with Crippen molar-refractivity contribution >= 4 is 38.9 Å². The molecule has 0 spiro atoms. The molecule has 0 unspecified atom stereocenters. The largest absolute Gasteiger partial charge is 0.493 e. The molecule has 1 aromatic carbocycles. The van der Waals surface area contributed by atoms with Gasteiger partial charge in [-0.3, -0.25) is 0 Å². The summed E-state index contributed by atoms with van der Waals surface area (Å²) < 4.78 is 21.1. The highest BCUT2D eigenvalue weighted by Gasteiger charge is 2.21. The predicted molar refractivity (Wildman–Crippen MR) is 83.9 cm³/mol. The van der Waals surface area contributed by atoms with Crippen LogP contribution >= 0.6 is 15.9 Å². The Hall–Kier alpha value is -2.68. The molecule has 0 aliphatic rings. The summed E-state index contributed by atoms with van der Waals surface area (Å²) in [5.41, 5.74) is 0.427. The van der Waals surface area contributed by atoms with Crippen LogP contribution in [0.15, 0.2) is 35.2 Å². The van der Waals surface area contributed by atoms with Gasteiger partial charge in [-0.2, -0.15) is 5.10 Å². The molecule has 2 N–H and O–H groups in total. The number of carboxylic acids is 1. The number of aromatic carboxylic acids is 1. The minimum atomic E-state index is -1.16. The van der Waals surface area contributed by atoms with Crippen LogP contribution in [0.4, 0.5) is 15.9 Å². The lowest BCUT2D eigenvalue weighted by atomic mass is 10.2. The molecule has 0 aliphatic heterocycles. The van der Waals surface area contributed by atoms with E-state index in [4.69, 9.17) is 4.74 Å². The lowest BCUT2D eigenvalue weighted by Crippen LogP contribution is -2.02. The number of fused-ring (bicyclic) bond motifs is 1. The normalized spacial score (nSPS) is 10.7. The van der Waals surface area contributed by atoms with Crippen LogP contribution in [0, 0.1) is 5.82 Å². The molecule has 9 heteroatoms. The van der Waals surface area contributed by atoms with Crippen molar-refractivity contribution in [3.63, 3.8) is 0 Å². The van der Waals surface area contributed by atoms with E-state index in [1.165, 1.54) is 36.3 Å². The Bertz CT molecular complexity index is 912. The van der Waals surface area contributed by atoms with Gasteiger partial charge in [0, 0.05) is 10.7 Å². The molecule has 0 amide bonds. The molecule has 0 aliphatic carbocycles. The highest BCUT2D eigenvalue weighted by atomic mass is 79.9. The second-order valence-electron chi connectivity index (χ2n) is 4.53. The number of anilines is 2. The molecule has 2 heterocycles. The van der Waals surface area contributed by atoms with Crippen LogP contribution in [0.2, 0.25) is 0 Å². The second kappa shape index (κ2) is 5.84. The second-order valence-corrected chi connectivity index (χ2v) is 5.45. The zero-order valence-electron chi connectivity index (χ0n) is 11.7. The highest BCUT2D eigenvalue weighted by molar-refractivity contribution is 9.10. The van der Waals surface area contributed by atoms with Crippen molar-refractivity contribution in [2.24, 2.45) is 0 Å². The summed E-state index contributed by atoms with van der Waals surface area (Å²) in [6, 6.07) is 4.51. The van der Waals surface area contributed by atoms with E-state index in [2.05, 4.69) is 31.3 Å². The zero-order valence-corrected chi connectivity index (χ0v) is 13.3. The topological polar surface area (TPSA) is 88.8 Å². The SMILES string of the molecule is COc1c(C(=O)O)cn2ncnc(Nc3ccc(Br)cc3F)c12. The quantitative estimate of drug-likeness (QED) is 0.722. The van der Waals surface area contributed by atoms with Crippen molar-refractivity contribution in [1.29, 1.82) is 0 Å². The molecule has 7 nitrogen and oxygen atoms in total. The van der Waals surface area contributed by atoms with Gasteiger partial charge < -0.3 is 15.2 Å². The van der Waals surface area contributed by atoms with Gasteiger partial charge in [0.1, 0.15) is 17.7 Å². The fourth-order valence-electron chi connectivity index (χ4n) is 2.15. The van der Waals surface area contributed by atoms with E-state index >= 15 is 0 Å². The Kier molecular flexibility index (Phi) is 3.87. The summed E-state index contributed by atoms with van der Waals surface area (Å²) in [6.45, 7) is 0. The maximum Gasteiger partial charge on any atom is 0.341 e. The van der Waals surface area contributed by atoms with Crippen LogP contribution in [-0.4, -0.2) is 32.8 Å². The number of nitrogens with one attached hydrogen (secondary N) is 1. The minimum absolute atomic E-state index is 0.0627. The van der Waals surface area contributed by atoms with Crippen LogP contribution < -0.4 is 10.1 Å². The number of aromatic nitrogens is 3. The van der Waals surface area contributed by atoms with E-state index in [1.807, 2.05) is 0 Å². The van der Waals surface area contributed by atoms with E-state index in [0.29, 0.717) is 9.99 Å². The van der Waals surface area contributed by atoms with Gasteiger partial charge >= 0.3 is 5.97 Å². The lowest BCUT2D eigenvalue weighted by molar-refractivity contribution is 0.0693. The average molecular weight is 381 g/mol. The first-order chi connectivity index (χ1) is 11.0. The monoisotopic (exact) mass is 380 g/mol. The Labute approximate surface area is 137 Å². The van der Waals surface area contributed by atoms with Gasteiger partial charge in [0.25, 0.3) is 0 Å². The molecule has 3 aromatic rings. The molecular formula is C14H10BrFN4O3. The van der Waals surface area contributed by atoms with Crippen LogP contribution in [0.1, 0.15) is 10.4 Å². The summed E-state index contributed by atoms with van der Waals surface area (Å²) in [4.78, 5) is 15.3. The van der Waals surface area contributed by atoms with E-state index < -0.39 is 11.8 Å². The molecule has 0 atom stereocenters. The van der Waals surface area contributed by atoms with Gasteiger partial charge in [-0.15, -0.1) is 0 Å². The van der Waals surface area contributed by atoms with Crippen molar-refractivity contribution in [2.75, 3.05) is 12.4 Å². The number of rotatable bonds is 4. The standard InChI is InChI=1S/C14H10BrFN4O3/c1-23-12-8(14(21)22)5-20-11(12)13(17-6-18-20)19-10-3-2-7(15)4-9(10)16/h2-6H,1H3,(H,21,22)(H,17,18,19). The van der Waals surface area contributed by atoms with Crippen LogP contribution in [0.5, 0.6) is 5.75 Å². The van der Waals surface area contributed by atoms with Gasteiger partial charge in [-0.05, 0) is 18.2 Å². The fourth-order valence-corrected chi connectivity index (χ4v) is 2.49. The Balaban J connectivity index is 2.16. The molecule has 0 saturated heterocycles. The molecular weight excluding hydrogens is 371 g/mol. The van der Waals surface area contributed by atoms with E-state index in [-0.39, 0.29) is 22.8 Å². The Morgan fingerprint density at radius 1 is 1.48 bits per heavy atom.